The first-order valence-electron chi connectivity index (χ1n) is 6.63. The van der Waals surface area contributed by atoms with Gasteiger partial charge in [-0.25, -0.2) is 0 Å². The molecule has 19 heavy (non-hydrogen) atoms. The molecule has 6 heteroatoms. The highest BCUT2D eigenvalue weighted by Crippen LogP contribution is 2.10. The molecule has 0 aromatic heterocycles. The molecule has 0 aliphatic carbocycles. The Labute approximate surface area is 138 Å². The molecule has 1 rings (SSSR count). The monoisotopic (exact) mass is 399 g/mol. The molecule has 0 amide bonds. The van der Waals surface area contributed by atoms with Gasteiger partial charge in [0.15, 0.2) is 5.96 Å². The minimum Gasteiger partial charge on any atom is -0.377 e. The largest absolute Gasteiger partial charge is 0.377 e. The number of thioether (sulfide) groups is 1. The average molecular weight is 399 g/mol. The lowest BCUT2D eigenvalue weighted by Crippen LogP contribution is -2.38. The van der Waals surface area contributed by atoms with E-state index in [-0.39, 0.29) is 24.0 Å². The summed E-state index contributed by atoms with van der Waals surface area (Å²) in [5.41, 5.74) is 1.49. The molecule has 0 aromatic carbocycles. The van der Waals surface area contributed by atoms with E-state index in [0.717, 1.165) is 57.4 Å². The van der Waals surface area contributed by atoms with Gasteiger partial charge >= 0.3 is 0 Å². The van der Waals surface area contributed by atoms with Crippen molar-refractivity contribution in [2.75, 3.05) is 44.9 Å². The van der Waals surface area contributed by atoms with Crippen LogP contribution >= 0.6 is 35.7 Å². The number of aliphatic imine (C=N–C) groups is 1. The first-order chi connectivity index (χ1) is 8.86. The van der Waals surface area contributed by atoms with Crippen LogP contribution in [-0.4, -0.2) is 50.8 Å². The van der Waals surface area contributed by atoms with E-state index in [1.807, 2.05) is 11.8 Å². The van der Waals surface area contributed by atoms with Crippen molar-refractivity contribution in [3.63, 3.8) is 0 Å². The second-order valence-electron chi connectivity index (χ2n) is 4.12. The number of hydrogen-bond donors (Lipinski definition) is 2. The number of guanidine groups is 1. The zero-order valence-corrected chi connectivity index (χ0v) is 15.1. The van der Waals surface area contributed by atoms with Crippen LogP contribution in [0, 0.1) is 0 Å². The summed E-state index contributed by atoms with van der Waals surface area (Å²) in [6.45, 7) is 6.45. The number of nitrogens with zero attached hydrogens (tertiary/aromatic N) is 1. The third-order valence-electron chi connectivity index (χ3n) is 2.71. The Bertz CT molecular complexity index is 285. The SMILES string of the molecule is CCNC(=NCCSC)NCCC1=CCOCC1.I. The van der Waals surface area contributed by atoms with Gasteiger partial charge in [0, 0.05) is 18.8 Å². The van der Waals surface area contributed by atoms with Crippen molar-refractivity contribution >= 4 is 41.7 Å². The minimum absolute atomic E-state index is 0. The lowest BCUT2D eigenvalue weighted by Gasteiger charge is -2.15. The van der Waals surface area contributed by atoms with Gasteiger partial charge in [-0.1, -0.05) is 11.6 Å². The molecule has 0 fully saturated rings. The molecule has 0 radical (unpaired) electrons. The summed E-state index contributed by atoms with van der Waals surface area (Å²) in [5.74, 6) is 2.00. The number of halogens is 1. The molecule has 1 heterocycles. The molecule has 0 spiro atoms. The summed E-state index contributed by atoms with van der Waals surface area (Å²) < 4.78 is 5.30. The third kappa shape index (κ3) is 9.56. The van der Waals surface area contributed by atoms with Crippen molar-refractivity contribution in [1.82, 2.24) is 10.6 Å². The van der Waals surface area contributed by atoms with Crippen LogP contribution in [0.2, 0.25) is 0 Å². The van der Waals surface area contributed by atoms with Gasteiger partial charge in [-0.15, -0.1) is 24.0 Å². The Kier molecular flexibility index (Phi) is 13.1. The molecule has 1 aliphatic heterocycles. The maximum atomic E-state index is 5.30. The molecule has 112 valence electrons. The van der Waals surface area contributed by atoms with Gasteiger partial charge in [0.25, 0.3) is 0 Å². The topological polar surface area (TPSA) is 45.7 Å². The summed E-state index contributed by atoms with van der Waals surface area (Å²) in [5, 5.41) is 6.64. The quantitative estimate of drug-likeness (QED) is 0.227. The first kappa shape index (κ1) is 19.1. The molecule has 0 saturated carbocycles. The smallest absolute Gasteiger partial charge is 0.191 e. The van der Waals surface area contributed by atoms with Crippen molar-refractivity contribution in [2.24, 2.45) is 4.99 Å². The molecule has 4 nitrogen and oxygen atoms in total. The van der Waals surface area contributed by atoms with Crippen LogP contribution in [0.25, 0.3) is 0 Å². The zero-order valence-electron chi connectivity index (χ0n) is 11.9. The lowest BCUT2D eigenvalue weighted by molar-refractivity contribution is 0.153. The van der Waals surface area contributed by atoms with E-state index >= 15 is 0 Å². The molecule has 0 aromatic rings. The Morgan fingerprint density at radius 2 is 2.32 bits per heavy atom. The number of rotatable bonds is 7. The fourth-order valence-corrected chi connectivity index (χ4v) is 2.00. The van der Waals surface area contributed by atoms with E-state index in [4.69, 9.17) is 4.74 Å². The van der Waals surface area contributed by atoms with Gasteiger partial charge in [-0.05, 0) is 26.0 Å². The van der Waals surface area contributed by atoms with Gasteiger partial charge in [0.05, 0.1) is 19.8 Å². The minimum atomic E-state index is 0. The highest BCUT2D eigenvalue weighted by Gasteiger charge is 2.03. The van der Waals surface area contributed by atoms with E-state index in [1.165, 1.54) is 5.57 Å². The lowest BCUT2D eigenvalue weighted by atomic mass is 10.1. The maximum absolute atomic E-state index is 5.30. The normalized spacial score (nSPS) is 15.5. The van der Waals surface area contributed by atoms with Crippen LogP contribution in [0.4, 0.5) is 0 Å². The van der Waals surface area contributed by atoms with Crippen LogP contribution in [-0.2, 0) is 4.74 Å². The van der Waals surface area contributed by atoms with E-state index in [0.29, 0.717) is 0 Å². The Balaban J connectivity index is 0.00000324. The molecule has 0 unspecified atom stereocenters. The van der Waals surface area contributed by atoms with Crippen LogP contribution in [0.5, 0.6) is 0 Å². The second-order valence-corrected chi connectivity index (χ2v) is 5.10. The van der Waals surface area contributed by atoms with Crippen molar-refractivity contribution in [1.29, 1.82) is 0 Å². The third-order valence-corrected chi connectivity index (χ3v) is 3.30. The highest BCUT2D eigenvalue weighted by atomic mass is 127. The summed E-state index contributed by atoms with van der Waals surface area (Å²) in [4.78, 5) is 4.52. The molecule has 1 aliphatic rings. The van der Waals surface area contributed by atoms with Gasteiger partial charge in [-0.3, -0.25) is 4.99 Å². The number of hydrogen-bond acceptors (Lipinski definition) is 3. The van der Waals surface area contributed by atoms with Gasteiger partial charge < -0.3 is 15.4 Å². The van der Waals surface area contributed by atoms with Gasteiger partial charge in [-0.2, -0.15) is 11.8 Å². The molecule has 0 atom stereocenters. The van der Waals surface area contributed by atoms with E-state index in [9.17, 15) is 0 Å². The highest BCUT2D eigenvalue weighted by molar-refractivity contribution is 14.0. The van der Waals surface area contributed by atoms with Crippen molar-refractivity contribution in [3.8, 4) is 0 Å². The predicted molar refractivity (Wildman–Crippen MR) is 95.9 cm³/mol. The van der Waals surface area contributed by atoms with Crippen LogP contribution < -0.4 is 10.6 Å². The zero-order chi connectivity index (χ0) is 13.1. The van der Waals surface area contributed by atoms with Gasteiger partial charge in [0.2, 0.25) is 0 Å². The molecular formula is C13H26IN3OS. The average Bonchev–Trinajstić information content (AvgIpc) is 2.40. The van der Waals surface area contributed by atoms with Gasteiger partial charge in [0.1, 0.15) is 0 Å². The fourth-order valence-electron chi connectivity index (χ4n) is 1.72. The van der Waals surface area contributed by atoms with Crippen LogP contribution in [0.1, 0.15) is 19.8 Å². The maximum Gasteiger partial charge on any atom is 0.191 e. The first-order valence-corrected chi connectivity index (χ1v) is 8.03. The van der Waals surface area contributed by atoms with Crippen LogP contribution in [0.15, 0.2) is 16.6 Å². The van der Waals surface area contributed by atoms with Crippen LogP contribution in [0.3, 0.4) is 0 Å². The summed E-state index contributed by atoms with van der Waals surface area (Å²) in [7, 11) is 0. The second kappa shape index (κ2) is 13.1. The van der Waals surface area contributed by atoms with Crippen molar-refractivity contribution in [2.45, 2.75) is 19.8 Å². The number of nitrogens with one attached hydrogen (secondary N) is 2. The summed E-state index contributed by atoms with van der Waals surface area (Å²) in [6.07, 6.45) is 6.45. The van der Waals surface area contributed by atoms with E-state index in [1.54, 1.807) is 0 Å². The Hall–Kier alpha value is 0.0500. The summed E-state index contributed by atoms with van der Waals surface area (Å²) in [6, 6.07) is 0. The summed E-state index contributed by atoms with van der Waals surface area (Å²) >= 11 is 1.82. The Morgan fingerprint density at radius 1 is 1.47 bits per heavy atom. The predicted octanol–water partition coefficient (Wildman–Crippen LogP) is 2.26. The Morgan fingerprint density at radius 3 is 2.95 bits per heavy atom. The number of ether oxygens (including phenoxy) is 1. The van der Waals surface area contributed by atoms with Crippen molar-refractivity contribution in [3.05, 3.63) is 11.6 Å². The molecule has 2 N–H and O–H groups in total. The molecule has 0 bridgehead atoms. The molecule has 0 saturated heterocycles. The van der Waals surface area contributed by atoms with E-state index in [2.05, 4.69) is 34.9 Å². The standard InChI is InChI=1S/C13H25N3OS.HI/c1-3-14-13(16-8-11-18-2)15-7-4-12-5-9-17-10-6-12;/h5H,3-4,6-11H2,1-2H3,(H2,14,15,16);1H. The van der Waals surface area contributed by atoms with E-state index < -0.39 is 0 Å². The fraction of sp³-hybridized carbons (Fsp3) is 0.769. The molecular weight excluding hydrogens is 373 g/mol. The van der Waals surface area contributed by atoms with Crippen molar-refractivity contribution < 1.29 is 4.74 Å².